The van der Waals surface area contributed by atoms with Gasteiger partial charge in [0.1, 0.15) is 11.5 Å². The van der Waals surface area contributed by atoms with Gasteiger partial charge in [-0.2, -0.15) is 0 Å². The van der Waals surface area contributed by atoms with E-state index in [2.05, 4.69) is 32.7 Å². The molecule has 3 aliphatic heterocycles. The fourth-order valence-corrected chi connectivity index (χ4v) is 5.24. The van der Waals surface area contributed by atoms with Crippen LogP contribution < -0.4 is 10.1 Å². The summed E-state index contributed by atoms with van der Waals surface area (Å²) in [7, 11) is 0. The average molecular weight is 426 g/mol. The monoisotopic (exact) mass is 425 g/mol. The molecule has 0 fully saturated rings. The lowest BCUT2D eigenvalue weighted by atomic mass is 9.87. The SMILES string of the molecule is O=C(Nc1ccc(C2=CSC3=NCCN23)cc1)C1c2ccccc2Oc2ccccc21. The van der Waals surface area contributed by atoms with Gasteiger partial charge in [0.2, 0.25) is 5.91 Å². The number of fused-ring (bicyclic) bond motifs is 3. The number of nitrogens with one attached hydrogen (secondary N) is 1. The molecule has 0 unspecified atom stereocenters. The van der Waals surface area contributed by atoms with Crippen molar-refractivity contribution >= 4 is 34.2 Å². The van der Waals surface area contributed by atoms with Gasteiger partial charge >= 0.3 is 0 Å². The molecule has 0 bridgehead atoms. The maximum atomic E-state index is 13.4. The molecular formula is C25H19N3O2S. The molecule has 152 valence electrons. The number of amides is 1. The maximum absolute atomic E-state index is 13.4. The molecule has 3 aromatic carbocycles. The van der Waals surface area contributed by atoms with E-state index in [0.29, 0.717) is 0 Å². The Bertz CT molecular complexity index is 1200. The molecule has 5 nitrogen and oxygen atoms in total. The molecule has 3 heterocycles. The average Bonchev–Trinajstić information content (AvgIpc) is 3.42. The fourth-order valence-electron chi connectivity index (χ4n) is 4.28. The first kappa shape index (κ1) is 18.3. The van der Waals surface area contributed by atoms with E-state index in [1.807, 2.05) is 60.7 Å². The summed E-state index contributed by atoms with van der Waals surface area (Å²) in [6.45, 7) is 1.77. The molecule has 3 aromatic rings. The third kappa shape index (κ3) is 3.11. The quantitative estimate of drug-likeness (QED) is 0.620. The highest BCUT2D eigenvalue weighted by molar-refractivity contribution is 8.16. The smallest absolute Gasteiger partial charge is 0.236 e. The molecule has 0 radical (unpaired) electrons. The first-order valence-electron chi connectivity index (χ1n) is 10.2. The molecule has 6 heteroatoms. The van der Waals surface area contributed by atoms with Crippen molar-refractivity contribution in [1.29, 1.82) is 0 Å². The minimum Gasteiger partial charge on any atom is -0.457 e. The molecule has 31 heavy (non-hydrogen) atoms. The Labute approximate surface area is 184 Å². The van der Waals surface area contributed by atoms with Gasteiger partial charge in [0.05, 0.1) is 18.2 Å². The van der Waals surface area contributed by atoms with Crippen molar-refractivity contribution in [2.24, 2.45) is 4.99 Å². The third-order valence-electron chi connectivity index (χ3n) is 5.76. The predicted octanol–water partition coefficient (Wildman–Crippen LogP) is 5.28. The molecule has 0 aromatic heterocycles. The van der Waals surface area contributed by atoms with Gasteiger partial charge in [-0.05, 0) is 29.8 Å². The predicted molar refractivity (Wildman–Crippen MR) is 124 cm³/mol. The van der Waals surface area contributed by atoms with Crippen molar-refractivity contribution < 1.29 is 9.53 Å². The first-order chi connectivity index (χ1) is 15.3. The van der Waals surface area contributed by atoms with Crippen molar-refractivity contribution in [2.75, 3.05) is 18.4 Å². The molecular weight excluding hydrogens is 406 g/mol. The molecule has 0 spiro atoms. The lowest BCUT2D eigenvalue weighted by molar-refractivity contribution is -0.116. The number of thioether (sulfide) groups is 1. The van der Waals surface area contributed by atoms with Crippen LogP contribution in [0.5, 0.6) is 11.5 Å². The minimum atomic E-state index is -0.418. The number of aliphatic imine (C=N–C) groups is 1. The molecule has 0 atom stereocenters. The summed E-state index contributed by atoms with van der Waals surface area (Å²) in [4.78, 5) is 20.1. The highest BCUT2D eigenvalue weighted by atomic mass is 32.2. The molecule has 0 aliphatic carbocycles. The standard InChI is InChI=1S/C25H19N3O2S/c29-24(23-18-5-1-3-7-21(18)30-22-8-4-2-6-19(22)23)27-17-11-9-16(10-12-17)20-15-31-25-26-13-14-28(20)25/h1-12,15,23H,13-14H2,(H,27,29). The number of benzene rings is 3. The van der Waals surface area contributed by atoms with Gasteiger partial charge in [-0.1, -0.05) is 60.3 Å². The van der Waals surface area contributed by atoms with Crippen molar-refractivity contribution in [3.63, 3.8) is 0 Å². The van der Waals surface area contributed by atoms with Crippen LogP contribution in [0.4, 0.5) is 5.69 Å². The van der Waals surface area contributed by atoms with Gasteiger partial charge in [-0.3, -0.25) is 9.79 Å². The Morgan fingerprint density at radius 2 is 1.65 bits per heavy atom. The van der Waals surface area contributed by atoms with Crippen molar-refractivity contribution in [1.82, 2.24) is 4.90 Å². The molecule has 1 amide bonds. The van der Waals surface area contributed by atoms with E-state index in [4.69, 9.17) is 4.74 Å². The number of amidine groups is 1. The molecule has 6 rings (SSSR count). The van der Waals surface area contributed by atoms with Gasteiger partial charge < -0.3 is 15.0 Å². The summed E-state index contributed by atoms with van der Waals surface area (Å²) < 4.78 is 6.01. The van der Waals surface area contributed by atoms with Gasteiger partial charge in [0.15, 0.2) is 5.17 Å². The number of carbonyl (C=O) groups is 1. The highest BCUT2D eigenvalue weighted by Crippen LogP contribution is 2.44. The Kier molecular flexibility index (Phi) is 4.32. The van der Waals surface area contributed by atoms with Crippen LogP contribution >= 0.6 is 11.8 Å². The number of anilines is 1. The summed E-state index contributed by atoms with van der Waals surface area (Å²) in [5, 5.41) is 6.31. The van der Waals surface area contributed by atoms with Gasteiger partial charge in [-0.15, -0.1) is 0 Å². The van der Waals surface area contributed by atoms with Crippen LogP contribution in [0.2, 0.25) is 0 Å². The second kappa shape index (κ2) is 7.32. The number of carbonyl (C=O) groups excluding carboxylic acids is 1. The van der Waals surface area contributed by atoms with Crippen LogP contribution in [-0.4, -0.2) is 29.1 Å². The topological polar surface area (TPSA) is 53.9 Å². The Balaban J connectivity index is 1.27. The number of rotatable bonds is 3. The van der Waals surface area contributed by atoms with Crippen molar-refractivity contribution in [3.8, 4) is 11.5 Å². The summed E-state index contributed by atoms with van der Waals surface area (Å²) in [6.07, 6.45) is 0. The van der Waals surface area contributed by atoms with Crippen LogP contribution in [0, 0.1) is 0 Å². The maximum Gasteiger partial charge on any atom is 0.236 e. The summed E-state index contributed by atoms with van der Waals surface area (Å²) in [6, 6.07) is 23.5. The fraction of sp³-hybridized carbons (Fsp3) is 0.120. The summed E-state index contributed by atoms with van der Waals surface area (Å²) >= 11 is 1.67. The summed E-state index contributed by atoms with van der Waals surface area (Å²) in [5.41, 5.74) is 4.83. The zero-order chi connectivity index (χ0) is 20.8. The van der Waals surface area contributed by atoms with E-state index in [0.717, 1.165) is 52.1 Å². The van der Waals surface area contributed by atoms with Crippen molar-refractivity contribution in [2.45, 2.75) is 5.92 Å². The molecule has 0 saturated carbocycles. The lowest BCUT2D eigenvalue weighted by Gasteiger charge is -2.27. The lowest BCUT2D eigenvalue weighted by Crippen LogP contribution is -2.25. The Hall–Kier alpha value is -3.51. The van der Waals surface area contributed by atoms with Crippen LogP contribution in [0.1, 0.15) is 22.6 Å². The Morgan fingerprint density at radius 3 is 2.35 bits per heavy atom. The van der Waals surface area contributed by atoms with Gasteiger partial charge in [0, 0.05) is 28.8 Å². The Morgan fingerprint density at radius 1 is 0.968 bits per heavy atom. The van der Waals surface area contributed by atoms with E-state index in [1.54, 1.807) is 11.8 Å². The molecule has 3 aliphatic rings. The van der Waals surface area contributed by atoms with Crippen LogP contribution in [0.3, 0.4) is 0 Å². The van der Waals surface area contributed by atoms with E-state index in [9.17, 15) is 4.79 Å². The van der Waals surface area contributed by atoms with Crippen LogP contribution in [0.25, 0.3) is 5.70 Å². The number of para-hydroxylation sites is 2. The zero-order valence-corrected chi connectivity index (χ0v) is 17.4. The van der Waals surface area contributed by atoms with Gasteiger partial charge in [0.25, 0.3) is 0 Å². The van der Waals surface area contributed by atoms with Crippen LogP contribution in [-0.2, 0) is 4.79 Å². The minimum absolute atomic E-state index is 0.0689. The number of ether oxygens (including phenoxy) is 1. The third-order valence-corrected chi connectivity index (χ3v) is 6.66. The van der Waals surface area contributed by atoms with Crippen LogP contribution in [0.15, 0.2) is 83.2 Å². The molecule has 1 N–H and O–H groups in total. The normalized spacial score (nSPS) is 16.6. The zero-order valence-electron chi connectivity index (χ0n) is 16.6. The van der Waals surface area contributed by atoms with E-state index in [1.165, 1.54) is 5.70 Å². The number of hydrogen-bond donors (Lipinski definition) is 1. The van der Waals surface area contributed by atoms with Gasteiger partial charge in [-0.25, -0.2) is 0 Å². The first-order valence-corrected chi connectivity index (χ1v) is 11.1. The second-order valence-corrected chi connectivity index (χ2v) is 8.45. The summed E-state index contributed by atoms with van der Waals surface area (Å²) in [5.74, 6) is 0.967. The number of hydrogen-bond acceptors (Lipinski definition) is 5. The molecule has 0 saturated heterocycles. The van der Waals surface area contributed by atoms with E-state index >= 15 is 0 Å². The second-order valence-electron chi connectivity index (χ2n) is 7.61. The van der Waals surface area contributed by atoms with Crippen molar-refractivity contribution in [3.05, 3.63) is 94.9 Å². The van der Waals surface area contributed by atoms with E-state index in [-0.39, 0.29) is 5.91 Å². The number of nitrogens with zero attached hydrogens (tertiary/aromatic N) is 2. The van der Waals surface area contributed by atoms with E-state index < -0.39 is 5.92 Å². The largest absolute Gasteiger partial charge is 0.457 e. The highest BCUT2D eigenvalue weighted by Gasteiger charge is 2.32.